The van der Waals surface area contributed by atoms with Crippen molar-refractivity contribution in [3.8, 4) is 0 Å². The van der Waals surface area contributed by atoms with Gasteiger partial charge in [0.15, 0.2) is 0 Å². The van der Waals surface area contributed by atoms with E-state index < -0.39 is 0 Å². The van der Waals surface area contributed by atoms with Gasteiger partial charge in [0.25, 0.3) is 0 Å². The number of fused-ring (bicyclic) bond motifs is 1. The Morgan fingerprint density at radius 1 is 0.933 bits per heavy atom. The normalized spacial score (nSPS) is 19.9. The maximum Gasteiger partial charge on any atom is 0.124 e. The number of aryl methyl sites for hydroxylation is 1. The second-order valence-corrected chi connectivity index (χ2v) is 8.12. The fourth-order valence-electron chi connectivity index (χ4n) is 4.72. The molecule has 1 unspecified atom stereocenters. The van der Waals surface area contributed by atoms with Crippen LogP contribution in [0.3, 0.4) is 0 Å². The average Bonchev–Trinajstić information content (AvgIpc) is 3.23. The highest BCUT2D eigenvalue weighted by Crippen LogP contribution is 2.41. The first kappa shape index (κ1) is 18.9. The van der Waals surface area contributed by atoms with Crippen LogP contribution in [0.1, 0.15) is 54.1 Å². The van der Waals surface area contributed by atoms with Crippen LogP contribution in [-0.2, 0) is 6.42 Å². The largest absolute Gasteiger partial charge is 0.341 e. The molecule has 152 valence electrons. The highest BCUT2D eigenvalue weighted by molar-refractivity contribution is 5.74. The van der Waals surface area contributed by atoms with Crippen molar-refractivity contribution in [3.05, 3.63) is 89.8 Å². The fourth-order valence-corrected chi connectivity index (χ4v) is 4.72. The predicted molar refractivity (Wildman–Crippen MR) is 119 cm³/mol. The number of para-hydroxylation sites is 2. The number of nitrogens with zero attached hydrogens (tertiary/aromatic N) is 4. The minimum absolute atomic E-state index is 0.251. The van der Waals surface area contributed by atoms with Crippen LogP contribution in [0.5, 0.6) is 0 Å². The van der Waals surface area contributed by atoms with Crippen LogP contribution in [0.2, 0.25) is 0 Å². The summed E-state index contributed by atoms with van der Waals surface area (Å²) in [5.74, 6) is 1.07. The van der Waals surface area contributed by atoms with Crippen molar-refractivity contribution >= 4 is 11.0 Å². The maximum absolute atomic E-state index is 4.96. The molecule has 0 amide bonds. The Bertz CT molecular complexity index is 1090. The van der Waals surface area contributed by atoms with Gasteiger partial charge in [-0.15, -0.1) is 0 Å². The van der Waals surface area contributed by atoms with Crippen LogP contribution < -0.4 is 0 Å². The lowest BCUT2D eigenvalue weighted by Crippen LogP contribution is -2.39. The van der Waals surface area contributed by atoms with E-state index >= 15 is 0 Å². The first-order valence-corrected chi connectivity index (χ1v) is 10.8. The summed E-state index contributed by atoms with van der Waals surface area (Å²) in [6.45, 7) is 3.10. The summed E-state index contributed by atoms with van der Waals surface area (Å²) >= 11 is 0. The molecule has 1 fully saturated rings. The number of nitrogens with one attached hydrogen (secondary N) is 1. The fraction of sp³-hybridized carbons (Fsp3) is 0.320. The van der Waals surface area contributed by atoms with E-state index in [2.05, 4.69) is 58.2 Å². The van der Waals surface area contributed by atoms with E-state index in [1.54, 1.807) is 0 Å². The van der Waals surface area contributed by atoms with Crippen molar-refractivity contribution in [2.75, 3.05) is 6.54 Å². The van der Waals surface area contributed by atoms with Crippen LogP contribution in [0.4, 0.5) is 0 Å². The van der Waals surface area contributed by atoms with Gasteiger partial charge in [-0.25, -0.2) is 4.98 Å². The molecule has 30 heavy (non-hydrogen) atoms. The molecule has 0 bridgehead atoms. The Morgan fingerprint density at radius 2 is 1.77 bits per heavy atom. The van der Waals surface area contributed by atoms with E-state index in [-0.39, 0.29) is 6.04 Å². The number of piperidine rings is 1. The smallest absolute Gasteiger partial charge is 0.124 e. The maximum atomic E-state index is 4.96. The van der Waals surface area contributed by atoms with Gasteiger partial charge in [0, 0.05) is 31.1 Å². The minimum atomic E-state index is 0.251. The molecule has 2 atom stereocenters. The number of hydrogen-bond donors (Lipinski definition) is 1. The summed E-state index contributed by atoms with van der Waals surface area (Å²) in [6, 6.07) is 19.2. The molecule has 1 N–H and O–H groups in total. The number of benzene rings is 1. The highest BCUT2D eigenvalue weighted by Gasteiger charge is 2.35. The summed E-state index contributed by atoms with van der Waals surface area (Å²) in [4.78, 5) is 20.5. The molecule has 5 heteroatoms. The number of aromatic nitrogens is 4. The van der Waals surface area contributed by atoms with Gasteiger partial charge in [-0.05, 0) is 62.1 Å². The molecule has 0 spiro atoms. The quantitative estimate of drug-likeness (QED) is 0.505. The van der Waals surface area contributed by atoms with Gasteiger partial charge in [-0.1, -0.05) is 24.3 Å². The van der Waals surface area contributed by atoms with Gasteiger partial charge in [0.05, 0.1) is 28.8 Å². The zero-order valence-electron chi connectivity index (χ0n) is 17.3. The second-order valence-electron chi connectivity index (χ2n) is 8.12. The van der Waals surface area contributed by atoms with Gasteiger partial charge in [0.2, 0.25) is 0 Å². The minimum Gasteiger partial charge on any atom is -0.341 e. The summed E-state index contributed by atoms with van der Waals surface area (Å²) in [7, 11) is 0. The number of hydrogen-bond acceptors (Lipinski definition) is 4. The Hall–Kier alpha value is -3.05. The monoisotopic (exact) mass is 397 g/mol. The Kier molecular flexibility index (Phi) is 5.28. The lowest BCUT2D eigenvalue weighted by Gasteiger charge is -2.41. The van der Waals surface area contributed by atoms with Crippen molar-refractivity contribution in [1.82, 2.24) is 24.8 Å². The van der Waals surface area contributed by atoms with Gasteiger partial charge >= 0.3 is 0 Å². The number of likely N-dealkylation sites (tertiary alicyclic amines) is 1. The van der Waals surface area contributed by atoms with Gasteiger partial charge in [-0.3, -0.25) is 14.9 Å². The predicted octanol–water partition coefficient (Wildman–Crippen LogP) is 5.17. The van der Waals surface area contributed by atoms with E-state index in [0.717, 1.165) is 48.4 Å². The molecular formula is C25H27N5. The van der Waals surface area contributed by atoms with E-state index in [4.69, 9.17) is 9.97 Å². The molecule has 0 aliphatic carbocycles. The number of pyridine rings is 2. The summed E-state index contributed by atoms with van der Waals surface area (Å²) in [6.07, 6.45) is 8.11. The molecule has 1 saturated heterocycles. The molecule has 4 aromatic rings. The van der Waals surface area contributed by atoms with E-state index in [0.29, 0.717) is 6.04 Å². The van der Waals surface area contributed by atoms with Gasteiger partial charge in [-0.2, -0.15) is 0 Å². The number of aromatic amines is 1. The van der Waals surface area contributed by atoms with Crippen LogP contribution >= 0.6 is 0 Å². The summed E-state index contributed by atoms with van der Waals surface area (Å²) in [5, 5.41) is 0. The third kappa shape index (κ3) is 3.73. The highest BCUT2D eigenvalue weighted by atomic mass is 15.2. The third-order valence-electron chi connectivity index (χ3n) is 6.20. The van der Waals surface area contributed by atoms with Crippen LogP contribution in [0.15, 0.2) is 67.0 Å². The Labute approximate surface area is 177 Å². The van der Waals surface area contributed by atoms with Crippen molar-refractivity contribution in [3.63, 3.8) is 0 Å². The van der Waals surface area contributed by atoms with Gasteiger partial charge in [0.1, 0.15) is 5.82 Å². The van der Waals surface area contributed by atoms with E-state index in [1.165, 1.54) is 17.7 Å². The first-order valence-electron chi connectivity index (χ1n) is 10.8. The topological polar surface area (TPSA) is 57.7 Å². The van der Waals surface area contributed by atoms with Crippen molar-refractivity contribution in [2.45, 2.75) is 44.7 Å². The Morgan fingerprint density at radius 3 is 2.60 bits per heavy atom. The second kappa shape index (κ2) is 8.36. The van der Waals surface area contributed by atoms with Crippen molar-refractivity contribution in [1.29, 1.82) is 0 Å². The summed E-state index contributed by atoms with van der Waals surface area (Å²) < 4.78 is 0. The average molecular weight is 398 g/mol. The van der Waals surface area contributed by atoms with Crippen LogP contribution in [0.25, 0.3) is 11.0 Å². The van der Waals surface area contributed by atoms with E-state index in [1.807, 2.05) is 30.6 Å². The zero-order valence-corrected chi connectivity index (χ0v) is 17.3. The summed E-state index contributed by atoms with van der Waals surface area (Å²) in [5.41, 5.74) is 5.72. The SMILES string of the molecule is Cc1cccnc1C1CCC[C@H](c2nc3ccccc3[nH]2)N1CCc1ccccn1. The molecule has 5 nitrogen and oxygen atoms in total. The number of H-pyrrole nitrogens is 1. The number of imidazole rings is 1. The molecule has 4 heterocycles. The molecule has 1 aliphatic heterocycles. The lowest BCUT2D eigenvalue weighted by molar-refractivity contribution is 0.0756. The molecule has 0 saturated carbocycles. The molecular weight excluding hydrogens is 370 g/mol. The van der Waals surface area contributed by atoms with Crippen LogP contribution in [0, 0.1) is 6.92 Å². The Balaban J connectivity index is 1.51. The lowest BCUT2D eigenvalue weighted by atomic mass is 9.91. The zero-order chi connectivity index (χ0) is 20.3. The van der Waals surface area contributed by atoms with E-state index in [9.17, 15) is 0 Å². The van der Waals surface area contributed by atoms with Crippen molar-refractivity contribution in [2.24, 2.45) is 0 Å². The van der Waals surface area contributed by atoms with Crippen LogP contribution in [-0.4, -0.2) is 31.4 Å². The molecule has 3 aromatic heterocycles. The molecule has 1 aromatic carbocycles. The first-order chi connectivity index (χ1) is 14.8. The molecule has 5 rings (SSSR count). The molecule has 1 aliphatic rings. The number of rotatable bonds is 5. The van der Waals surface area contributed by atoms with Crippen molar-refractivity contribution < 1.29 is 0 Å². The standard InChI is InChI=1S/C25H27N5/c1-18-8-7-16-27-24(18)22-12-6-13-23(25-28-20-10-2-3-11-21(20)29-25)30(22)17-14-19-9-4-5-15-26-19/h2-5,7-11,15-16,22-23H,6,12-14,17H2,1H3,(H,28,29)/t22?,23-/m1/s1. The van der Waals surface area contributed by atoms with Gasteiger partial charge < -0.3 is 4.98 Å². The third-order valence-corrected chi connectivity index (χ3v) is 6.20. The molecule has 0 radical (unpaired) electrons.